The molecular formula is C15H14O4S. The summed E-state index contributed by atoms with van der Waals surface area (Å²) >= 11 is 0. The van der Waals surface area contributed by atoms with E-state index in [0.717, 1.165) is 0 Å². The molecule has 0 amide bonds. The van der Waals surface area contributed by atoms with Crippen molar-refractivity contribution in [3.63, 3.8) is 0 Å². The molecule has 0 aliphatic rings. The molecule has 0 bridgehead atoms. The Kier molecular flexibility index (Phi) is 4.53. The van der Waals surface area contributed by atoms with Gasteiger partial charge in [0.25, 0.3) is 0 Å². The monoisotopic (exact) mass is 290 g/mol. The molecule has 2 rings (SSSR count). The first kappa shape index (κ1) is 14.3. The lowest BCUT2D eigenvalue weighted by molar-refractivity contribution is 0.112. The van der Waals surface area contributed by atoms with Gasteiger partial charge in [0.15, 0.2) is 6.29 Å². The maximum Gasteiger partial charge on any atom is 0.151 e. The summed E-state index contributed by atoms with van der Waals surface area (Å²) in [7, 11) is 1.53. The summed E-state index contributed by atoms with van der Waals surface area (Å²) in [6.45, 7) is 0. The number of ether oxygens (including phenoxy) is 2. The van der Waals surface area contributed by atoms with Crippen molar-refractivity contribution in [1.82, 2.24) is 0 Å². The van der Waals surface area contributed by atoms with Crippen molar-refractivity contribution in [1.29, 1.82) is 0 Å². The quantitative estimate of drug-likeness (QED) is 0.794. The molecule has 0 heterocycles. The number of carbonyl (C=O) groups excluding carboxylic acids is 1. The zero-order valence-corrected chi connectivity index (χ0v) is 12.0. The zero-order valence-electron chi connectivity index (χ0n) is 11.2. The Hall–Kier alpha value is -2.14. The molecule has 0 aromatic heterocycles. The molecule has 5 heteroatoms. The van der Waals surface area contributed by atoms with Crippen molar-refractivity contribution in [2.45, 2.75) is 9.79 Å². The molecule has 0 N–H and O–H groups in total. The number of benzene rings is 2. The van der Waals surface area contributed by atoms with Gasteiger partial charge in [0.05, 0.1) is 34.8 Å². The molecule has 104 valence electrons. The summed E-state index contributed by atoms with van der Waals surface area (Å²) in [6.07, 6.45) is 0.694. The maximum atomic E-state index is 12.7. The van der Waals surface area contributed by atoms with Gasteiger partial charge in [-0.25, -0.2) is 4.21 Å². The van der Waals surface area contributed by atoms with Crippen LogP contribution in [0, 0.1) is 0 Å². The smallest absolute Gasteiger partial charge is 0.151 e. The second-order valence-electron chi connectivity index (χ2n) is 3.94. The highest BCUT2D eigenvalue weighted by atomic mass is 32.2. The number of carbonyl (C=O) groups is 1. The third-order valence-electron chi connectivity index (χ3n) is 2.82. The van der Waals surface area contributed by atoms with E-state index in [1.807, 2.05) is 0 Å². The van der Waals surface area contributed by atoms with E-state index in [0.29, 0.717) is 33.1 Å². The van der Waals surface area contributed by atoms with Gasteiger partial charge in [0, 0.05) is 11.6 Å². The van der Waals surface area contributed by atoms with Gasteiger partial charge in [-0.2, -0.15) is 0 Å². The lowest BCUT2D eigenvalue weighted by Crippen LogP contribution is -2.01. The molecular weight excluding hydrogens is 276 g/mol. The molecule has 1 unspecified atom stereocenters. The summed E-state index contributed by atoms with van der Waals surface area (Å²) in [6, 6.07) is 11.8. The summed E-state index contributed by atoms with van der Waals surface area (Å²) in [5.74, 6) is 1.07. The lowest BCUT2D eigenvalue weighted by Gasteiger charge is -2.11. The van der Waals surface area contributed by atoms with Crippen molar-refractivity contribution in [2.24, 2.45) is 0 Å². The Labute approximate surface area is 119 Å². The summed E-state index contributed by atoms with van der Waals surface area (Å²) in [5.41, 5.74) is 0.399. The molecule has 0 aliphatic carbocycles. The van der Waals surface area contributed by atoms with Gasteiger partial charge in [-0.05, 0) is 18.2 Å². The van der Waals surface area contributed by atoms with Gasteiger partial charge >= 0.3 is 0 Å². The standard InChI is InChI=1S/C15H14O4S/c1-18-12-7-8-13(19-2)15(9-12)20(17)14-6-4-3-5-11(14)10-16/h3-10H,1-2H3. The third-order valence-corrected chi connectivity index (χ3v) is 4.31. The van der Waals surface area contributed by atoms with E-state index < -0.39 is 10.8 Å². The Morgan fingerprint density at radius 1 is 1.00 bits per heavy atom. The van der Waals surface area contributed by atoms with Crippen LogP contribution in [0.15, 0.2) is 52.3 Å². The van der Waals surface area contributed by atoms with Crippen LogP contribution < -0.4 is 9.47 Å². The van der Waals surface area contributed by atoms with E-state index in [-0.39, 0.29) is 0 Å². The summed E-state index contributed by atoms with van der Waals surface area (Å²) in [4.78, 5) is 12.0. The van der Waals surface area contributed by atoms with Gasteiger partial charge in [-0.3, -0.25) is 4.79 Å². The normalized spacial score (nSPS) is 11.7. The molecule has 1 atom stereocenters. The second kappa shape index (κ2) is 6.34. The van der Waals surface area contributed by atoms with Gasteiger partial charge in [0.2, 0.25) is 0 Å². The van der Waals surface area contributed by atoms with Crippen LogP contribution in [0.2, 0.25) is 0 Å². The summed E-state index contributed by atoms with van der Waals surface area (Å²) < 4.78 is 23.1. The lowest BCUT2D eigenvalue weighted by atomic mass is 10.2. The minimum absolute atomic E-state index is 0.399. The molecule has 2 aromatic carbocycles. The molecule has 0 aliphatic heterocycles. The average molecular weight is 290 g/mol. The van der Waals surface area contributed by atoms with Crippen molar-refractivity contribution in [3.8, 4) is 11.5 Å². The minimum Gasteiger partial charge on any atom is -0.497 e. The first-order valence-corrected chi connectivity index (χ1v) is 7.04. The Morgan fingerprint density at radius 3 is 2.40 bits per heavy atom. The number of hydrogen-bond acceptors (Lipinski definition) is 4. The van der Waals surface area contributed by atoms with Crippen LogP contribution in [-0.2, 0) is 10.8 Å². The predicted molar refractivity (Wildman–Crippen MR) is 76.0 cm³/mol. The highest BCUT2D eigenvalue weighted by molar-refractivity contribution is 7.85. The number of aldehydes is 1. The van der Waals surface area contributed by atoms with E-state index in [2.05, 4.69) is 0 Å². The Morgan fingerprint density at radius 2 is 1.75 bits per heavy atom. The SMILES string of the molecule is COc1ccc(OC)c(S(=O)c2ccccc2C=O)c1. The Balaban J connectivity index is 2.55. The van der Waals surface area contributed by atoms with Crippen LogP contribution in [0.3, 0.4) is 0 Å². The van der Waals surface area contributed by atoms with Crippen LogP contribution in [0.25, 0.3) is 0 Å². The Bertz CT molecular complexity index is 652. The predicted octanol–water partition coefficient (Wildman–Crippen LogP) is 2.68. The number of hydrogen-bond donors (Lipinski definition) is 0. The number of rotatable bonds is 5. The fourth-order valence-electron chi connectivity index (χ4n) is 1.79. The molecule has 0 fully saturated rings. The molecule has 0 radical (unpaired) electrons. The molecule has 0 saturated heterocycles. The van der Waals surface area contributed by atoms with Crippen LogP contribution >= 0.6 is 0 Å². The van der Waals surface area contributed by atoms with Crippen molar-refractivity contribution in [3.05, 3.63) is 48.0 Å². The van der Waals surface area contributed by atoms with Gasteiger partial charge in [0.1, 0.15) is 11.5 Å². The van der Waals surface area contributed by atoms with Crippen LogP contribution in [-0.4, -0.2) is 24.7 Å². The fourth-order valence-corrected chi connectivity index (χ4v) is 3.12. The largest absolute Gasteiger partial charge is 0.497 e. The fraction of sp³-hybridized carbons (Fsp3) is 0.133. The first-order valence-electron chi connectivity index (χ1n) is 5.89. The van der Waals surface area contributed by atoms with E-state index in [1.54, 1.807) is 42.5 Å². The second-order valence-corrected chi connectivity index (χ2v) is 5.36. The molecule has 0 spiro atoms. The van der Waals surface area contributed by atoms with Crippen LogP contribution in [0.4, 0.5) is 0 Å². The summed E-state index contributed by atoms with van der Waals surface area (Å²) in [5, 5.41) is 0. The molecule has 4 nitrogen and oxygen atoms in total. The highest BCUT2D eigenvalue weighted by Gasteiger charge is 2.16. The van der Waals surface area contributed by atoms with Gasteiger partial charge in [-0.15, -0.1) is 0 Å². The highest BCUT2D eigenvalue weighted by Crippen LogP contribution is 2.30. The minimum atomic E-state index is -1.52. The topological polar surface area (TPSA) is 52.6 Å². The van der Waals surface area contributed by atoms with Gasteiger partial charge < -0.3 is 9.47 Å². The van der Waals surface area contributed by atoms with E-state index in [9.17, 15) is 9.00 Å². The average Bonchev–Trinajstić information content (AvgIpc) is 2.53. The number of methoxy groups -OCH3 is 2. The molecule has 0 saturated carbocycles. The van der Waals surface area contributed by atoms with E-state index >= 15 is 0 Å². The van der Waals surface area contributed by atoms with Crippen LogP contribution in [0.5, 0.6) is 11.5 Å². The third kappa shape index (κ3) is 2.72. The van der Waals surface area contributed by atoms with E-state index in [4.69, 9.17) is 9.47 Å². The molecule has 2 aromatic rings. The first-order chi connectivity index (χ1) is 9.71. The van der Waals surface area contributed by atoms with Crippen LogP contribution in [0.1, 0.15) is 10.4 Å². The van der Waals surface area contributed by atoms with Gasteiger partial charge in [-0.1, -0.05) is 18.2 Å². The zero-order chi connectivity index (χ0) is 14.5. The maximum absolute atomic E-state index is 12.7. The van der Waals surface area contributed by atoms with Crippen molar-refractivity contribution in [2.75, 3.05) is 14.2 Å². The van der Waals surface area contributed by atoms with Crippen molar-refractivity contribution < 1.29 is 18.5 Å². The molecule has 20 heavy (non-hydrogen) atoms. The van der Waals surface area contributed by atoms with Crippen molar-refractivity contribution >= 4 is 17.1 Å². The van der Waals surface area contributed by atoms with E-state index in [1.165, 1.54) is 14.2 Å².